The minimum atomic E-state index is -0.366. The van der Waals surface area contributed by atoms with E-state index < -0.39 is 0 Å². The molecule has 3 rings (SSSR count). The molecule has 3 N–H and O–H groups in total. The second kappa shape index (κ2) is 5.20. The molecule has 0 radical (unpaired) electrons. The van der Waals surface area contributed by atoms with Crippen LogP contribution in [0.5, 0.6) is 0 Å². The molecule has 0 unspecified atom stereocenters. The average Bonchev–Trinajstić information content (AvgIpc) is 3.30. The van der Waals surface area contributed by atoms with Crippen LogP contribution in [0.1, 0.15) is 36.9 Å². The van der Waals surface area contributed by atoms with Gasteiger partial charge in [0.2, 0.25) is 5.91 Å². The van der Waals surface area contributed by atoms with Gasteiger partial charge in [0.15, 0.2) is 0 Å². The van der Waals surface area contributed by atoms with Gasteiger partial charge in [-0.2, -0.15) is 0 Å². The predicted molar refractivity (Wildman–Crippen MR) is 82.6 cm³/mol. The van der Waals surface area contributed by atoms with Crippen LogP contribution >= 0.6 is 0 Å². The highest BCUT2D eigenvalue weighted by molar-refractivity contribution is 5.91. The minimum absolute atomic E-state index is 0.0215. The molecule has 1 fully saturated rings. The average molecular weight is 281 g/mol. The largest absolute Gasteiger partial charge is 0.399 e. The summed E-state index contributed by atoms with van der Waals surface area (Å²) < 4.78 is 0. The van der Waals surface area contributed by atoms with E-state index in [2.05, 4.69) is 10.3 Å². The van der Waals surface area contributed by atoms with Gasteiger partial charge in [0.1, 0.15) is 0 Å². The van der Waals surface area contributed by atoms with Gasteiger partial charge in [-0.05, 0) is 55.2 Å². The van der Waals surface area contributed by atoms with E-state index in [0.29, 0.717) is 0 Å². The van der Waals surface area contributed by atoms with Gasteiger partial charge < -0.3 is 11.1 Å². The first-order valence-electron chi connectivity index (χ1n) is 7.19. The highest BCUT2D eigenvalue weighted by Crippen LogP contribution is 2.48. The van der Waals surface area contributed by atoms with Crippen molar-refractivity contribution in [1.82, 2.24) is 10.3 Å². The number of amides is 1. The fraction of sp³-hybridized carbons (Fsp3) is 0.294. The second-order valence-electron chi connectivity index (χ2n) is 5.68. The number of nitrogens with two attached hydrogens (primary N) is 1. The van der Waals surface area contributed by atoms with Crippen LogP contribution in [-0.2, 0) is 10.2 Å². The van der Waals surface area contributed by atoms with Crippen LogP contribution in [0.4, 0.5) is 5.69 Å². The van der Waals surface area contributed by atoms with Gasteiger partial charge in [-0.25, -0.2) is 0 Å². The monoisotopic (exact) mass is 281 g/mol. The van der Waals surface area contributed by atoms with Crippen molar-refractivity contribution in [3.8, 4) is 0 Å². The smallest absolute Gasteiger partial charge is 0.231 e. The van der Waals surface area contributed by atoms with E-state index in [0.717, 1.165) is 29.7 Å². The maximum absolute atomic E-state index is 12.6. The normalized spacial score (nSPS) is 17.0. The van der Waals surface area contributed by atoms with E-state index in [1.54, 1.807) is 12.4 Å². The van der Waals surface area contributed by atoms with E-state index >= 15 is 0 Å². The molecular weight excluding hydrogens is 262 g/mol. The number of benzene rings is 1. The second-order valence-corrected chi connectivity index (χ2v) is 5.68. The molecule has 4 heteroatoms. The van der Waals surface area contributed by atoms with Crippen molar-refractivity contribution in [2.75, 3.05) is 5.73 Å². The Balaban J connectivity index is 1.75. The number of rotatable bonds is 4. The SMILES string of the molecule is C[C@@H](NC(=O)C1(c2ccc(N)cc2)CC1)c1ccncc1. The lowest BCUT2D eigenvalue weighted by molar-refractivity contribution is -0.124. The summed E-state index contributed by atoms with van der Waals surface area (Å²) in [7, 11) is 0. The van der Waals surface area contributed by atoms with Crippen molar-refractivity contribution in [2.45, 2.75) is 31.2 Å². The number of nitrogens with one attached hydrogen (secondary N) is 1. The molecule has 1 heterocycles. The van der Waals surface area contributed by atoms with Crippen molar-refractivity contribution < 1.29 is 4.79 Å². The quantitative estimate of drug-likeness (QED) is 0.846. The molecule has 0 bridgehead atoms. The van der Waals surface area contributed by atoms with Crippen molar-refractivity contribution in [2.24, 2.45) is 0 Å². The third-order valence-electron chi connectivity index (χ3n) is 4.20. The number of hydrogen-bond donors (Lipinski definition) is 2. The van der Waals surface area contributed by atoms with Gasteiger partial charge in [-0.3, -0.25) is 9.78 Å². The Morgan fingerprint density at radius 1 is 1.19 bits per heavy atom. The highest BCUT2D eigenvalue weighted by Gasteiger charge is 2.51. The zero-order valence-electron chi connectivity index (χ0n) is 12.0. The van der Waals surface area contributed by atoms with Gasteiger partial charge in [0.25, 0.3) is 0 Å². The third kappa shape index (κ3) is 2.61. The van der Waals surface area contributed by atoms with E-state index in [4.69, 9.17) is 5.73 Å². The number of carbonyl (C=O) groups is 1. The topological polar surface area (TPSA) is 68.0 Å². The third-order valence-corrected chi connectivity index (χ3v) is 4.20. The van der Waals surface area contributed by atoms with Crippen molar-refractivity contribution >= 4 is 11.6 Å². The maximum atomic E-state index is 12.6. The summed E-state index contributed by atoms with van der Waals surface area (Å²) in [5, 5.41) is 3.11. The fourth-order valence-corrected chi connectivity index (χ4v) is 2.64. The molecule has 0 aliphatic heterocycles. The van der Waals surface area contributed by atoms with Gasteiger partial charge in [0, 0.05) is 18.1 Å². The van der Waals surface area contributed by atoms with Crippen LogP contribution in [0.25, 0.3) is 0 Å². The minimum Gasteiger partial charge on any atom is -0.399 e. The van der Waals surface area contributed by atoms with E-state index in [-0.39, 0.29) is 17.4 Å². The lowest BCUT2D eigenvalue weighted by Crippen LogP contribution is -2.36. The zero-order chi connectivity index (χ0) is 14.9. The van der Waals surface area contributed by atoms with Gasteiger partial charge >= 0.3 is 0 Å². The summed E-state index contributed by atoms with van der Waals surface area (Å²) in [5.41, 5.74) is 8.19. The molecule has 1 atom stereocenters. The lowest BCUT2D eigenvalue weighted by atomic mass is 9.94. The number of hydrogen-bond acceptors (Lipinski definition) is 3. The van der Waals surface area contributed by atoms with Crippen LogP contribution < -0.4 is 11.1 Å². The standard InChI is InChI=1S/C17H19N3O/c1-12(13-6-10-19-11-7-13)20-16(21)17(8-9-17)14-2-4-15(18)5-3-14/h2-7,10-12H,8-9,18H2,1H3,(H,20,21)/t12-/m1/s1. The summed E-state index contributed by atoms with van der Waals surface area (Å²) >= 11 is 0. The first kappa shape index (κ1) is 13.6. The Bertz CT molecular complexity index is 633. The summed E-state index contributed by atoms with van der Waals surface area (Å²) in [6.45, 7) is 1.99. The number of aromatic nitrogens is 1. The van der Waals surface area contributed by atoms with Crippen LogP contribution in [0.2, 0.25) is 0 Å². The molecule has 1 amide bonds. The number of anilines is 1. The molecule has 1 aromatic heterocycles. The van der Waals surface area contributed by atoms with Crippen molar-refractivity contribution in [3.05, 3.63) is 59.9 Å². The Morgan fingerprint density at radius 2 is 1.81 bits per heavy atom. The fourth-order valence-electron chi connectivity index (χ4n) is 2.64. The van der Waals surface area contributed by atoms with E-state index in [1.807, 2.05) is 43.3 Å². The van der Waals surface area contributed by atoms with Gasteiger partial charge in [-0.15, -0.1) is 0 Å². The highest BCUT2D eigenvalue weighted by atomic mass is 16.2. The molecule has 1 aromatic carbocycles. The molecule has 1 saturated carbocycles. The Kier molecular flexibility index (Phi) is 3.37. The lowest BCUT2D eigenvalue weighted by Gasteiger charge is -2.20. The summed E-state index contributed by atoms with van der Waals surface area (Å²) in [6.07, 6.45) is 5.27. The van der Waals surface area contributed by atoms with Crippen LogP contribution in [0.15, 0.2) is 48.8 Å². The van der Waals surface area contributed by atoms with Crippen LogP contribution in [0, 0.1) is 0 Å². The molecule has 2 aromatic rings. The predicted octanol–water partition coefficient (Wildman–Crippen LogP) is 2.57. The molecular formula is C17H19N3O. The summed E-state index contributed by atoms with van der Waals surface area (Å²) in [6, 6.07) is 11.5. The molecule has 0 saturated heterocycles. The first-order chi connectivity index (χ1) is 10.1. The molecule has 0 spiro atoms. The number of pyridine rings is 1. The van der Waals surface area contributed by atoms with Crippen LogP contribution in [-0.4, -0.2) is 10.9 Å². The van der Waals surface area contributed by atoms with Gasteiger partial charge in [-0.1, -0.05) is 12.1 Å². The van der Waals surface area contributed by atoms with Gasteiger partial charge in [0.05, 0.1) is 11.5 Å². The van der Waals surface area contributed by atoms with E-state index in [9.17, 15) is 4.79 Å². The Morgan fingerprint density at radius 3 is 2.38 bits per heavy atom. The number of nitrogens with zero attached hydrogens (tertiary/aromatic N) is 1. The Hall–Kier alpha value is -2.36. The summed E-state index contributed by atoms with van der Waals surface area (Å²) in [4.78, 5) is 16.6. The molecule has 1 aliphatic rings. The maximum Gasteiger partial charge on any atom is 0.231 e. The first-order valence-corrected chi connectivity index (χ1v) is 7.19. The Labute approximate surface area is 124 Å². The van der Waals surface area contributed by atoms with Crippen molar-refractivity contribution in [1.29, 1.82) is 0 Å². The molecule has 108 valence electrons. The number of nitrogen functional groups attached to an aromatic ring is 1. The molecule has 1 aliphatic carbocycles. The van der Waals surface area contributed by atoms with E-state index in [1.165, 1.54) is 0 Å². The zero-order valence-corrected chi connectivity index (χ0v) is 12.0. The van der Waals surface area contributed by atoms with Crippen molar-refractivity contribution in [3.63, 3.8) is 0 Å². The molecule has 4 nitrogen and oxygen atoms in total. The molecule has 21 heavy (non-hydrogen) atoms. The summed E-state index contributed by atoms with van der Waals surface area (Å²) in [5.74, 6) is 0.0941. The van der Waals surface area contributed by atoms with Crippen LogP contribution in [0.3, 0.4) is 0 Å². The number of carbonyl (C=O) groups excluding carboxylic acids is 1.